The van der Waals surface area contributed by atoms with Gasteiger partial charge in [0.15, 0.2) is 0 Å². The minimum absolute atomic E-state index is 0.0634. The highest BCUT2D eigenvalue weighted by molar-refractivity contribution is 5.96. The molecule has 1 spiro atoms. The first-order chi connectivity index (χ1) is 13.8. The zero-order valence-electron chi connectivity index (χ0n) is 17.7. The maximum atomic E-state index is 14.1. The highest BCUT2D eigenvalue weighted by Gasteiger charge is 2.46. The lowest BCUT2D eigenvalue weighted by atomic mass is 9.74. The topological polar surface area (TPSA) is 23.6 Å². The highest BCUT2D eigenvalue weighted by atomic mass is 19.1. The zero-order chi connectivity index (χ0) is 20.6. The smallest absolute Gasteiger partial charge is 0.227 e. The molecule has 4 heteroatoms. The molecule has 29 heavy (non-hydrogen) atoms. The van der Waals surface area contributed by atoms with Crippen molar-refractivity contribution >= 4 is 11.6 Å². The third-order valence-electron chi connectivity index (χ3n) is 6.33. The predicted octanol–water partition coefficient (Wildman–Crippen LogP) is 5.14. The van der Waals surface area contributed by atoms with Crippen molar-refractivity contribution in [3.05, 3.63) is 65.5 Å². The molecule has 0 radical (unpaired) electrons. The lowest BCUT2D eigenvalue weighted by Crippen LogP contribution is -2.46. The summed E-state index contributed by atoms with van der Waals surface area (Å²) in [6, 6.07) is 15.5. The van der Waals surface area contributed by atoms with Crippen LogP contribution in [0.4, 0.5) is 10.1 Å². The third-order valence-corrected chi connectivity index (χ3v) is 6.33. The molecule has 2 aromatic carbocycles. The van der Waals surface area contributed by atoms with Crippen LogP contribution in [0.5, 0.6) is 0 Å². The van der Waals surface area contributed by atoms with Gasteiger partial charge in [-0.15, -0.1) is 0 Å². The molecule has 0 aliphatic carbocycles. The van der Waals surface area contributed by atoms with Crippen molar-refractivity contribution in [2.75, 3.05) is 24.5 Å². The van der Waals surface area contributed by atoms with Crippen LogP contribution in [0.3, 0.4) is 0 Å². The van der Waals surface area contributed by atoms with Crippen LogP contribution in [-0.2, 0) is 16.8 Å². The average Bonchev–Trinajstić information content (AvgIpc) is 2.97. The normalized spacial score (nSPS) is 18.8. The van der Waals surface area contributed by atoms with E-state index in [0.29, 0.717) is 13.0 Å². The van der Waals surface area contributed by atoms with Gasteiger partial charge in [0.05, 0.1) is 0 Å². The minimum Gasteiger partial charge on any atom is -0.311 e. The number of carbonyl (C=O) groups excluding carboxylic acids is 1. The van der Waals surface area contributed by atoms with Crippen LogP contribution in [0.1, 0.15) is 51.2 Å². The number of halogens is 1. The van der Waals surface area contributed by atoms with Gasteiger partial charge in [-0.2, -0.15) is 0 Å². The molecule has 0 N–H and O–H groups in total. The fraction of sp³-hybridized carbons (Fsp3) is 0.480. The summed E-state index contributed by atoms with van der Waals surface area (Å²) in [5.74, 6) is -0.0612. The van der Waals surface area contributed by atoms with Crippen molar-refractivity contribution in [3.8, 4) is 0 Å². The molecule has 4 rings (SSSR count). The standard InChI is InChI=1S/C25H31FN2O/c1-24(2,3)16-23(29)28-18-25(21-15-20(26)9-10-22(21)28)11-13-27(14-12-25)17-19-7-5-4-6-8-19/h4-10,15H,11-14,16-18H2,1-3H3. The predicted molar refractivity (Wildman–Crippen MR) is 115 cm³/mol. The summed E-state index contributed by atoms with van der Waals surface area (Å²) in [6.07, 6.45) is 2.41. The number of fused-ring (bicyclic) bond motifs is 2. The first-order valence-electron chi connectivity index (χ1n) is 10.6. The first-order valence-corrected chi connectivity index (χ1v) is 10.6. The van der Waals surface area contributed by atoms with Crippen LogP contribution >= 0.6 is 0 Å². The van der Waals surface area contributed by atoms with Gasteiger partial charge < -0.3 is 4.90 Å². The van der Waals surface area contributed by atoms with Gasteiger partial charge in [0.1, 0.15) is 5.82 Å². The summed E-state index contributed by atoms with van der Waals surface area (Å²) in [7, 11) is 0. The summed E-state index contributed by atoms with van der Waals surface area (Å²) < 4.78 is 14.1. The Bertz CT molecular complexity index is 879. The first kappa shape index (κ1) is 20.1. The molecule has 2 aromatic rings. The van der Waals surface area contributed by atoms with Gasteiger partial charge in [0.2, 0.25) is 5.91 Å². The van der Waals surface area contributed by atoms with Gasteiger partial charge in [0.25, 0.3) is 0 Å². The molecule has 0 unspecified atom stereocenters. The molecule has 1 saturated heterocycles. The Morgan fingerprint density at radius 1 is 1.07 bits per heavy atom. The van der Waals surface area contributed by atoms with Crippen LogP contribution in [0, 0.1) is 11.2 Å². The molecule has 1 amide bonds. The number of hydrogen-bond acceptors (Lipinski definition) is 2. The van der Waals surface area contributed by atoms with Crippen molar-refractivity contribution in [2.24, 2.45) is 5.41 Å². The Morgan fingerprint density at radius 2 is 1.76 bits per heavy atom. The maximum absolute atomic E-state index is 14.1. The number of rotatable bonds is 3. The molecular formula is C25H31FN2O. The second-order valence-electron chi connectivity index (χ2n) is 9.92. The molecule has 2 aliphatic heterocycles. The van der Waals surface area contributed by atoms with Crippen LogP contribution in [0.15, 0.2) is 48.5 Å². The van der Waals surface area contributed by atoms with Crippen molar-refractivity contribution in [1.29, 1.82) is 0 Å². The number of amides is 1. The monoisotopic (exact) mass is 394 g/mol. The summed E-state index contributed by atoms with van der Waals surface area (Å²) in [5.41, 5.74) is 3.07. The van der Waals surface area contributed by atoms with E-state index in [0.717, 1.165) is 43.7 Å². The molecule has 2 aliphatic rings. The van der Waals surface area contributed by atoms with E-state index in [4.69, 9.17) is 0 Å². The summed E-state index contributed by atoms with van der Waals surface area (Å²) in [4.78, 5) is 17.5. The molecular weight excluding hydrogens is 363 g/mol. The van der Waals surface area contributed by atoms with Gasteiger partial charge in [-0.1, -0.05) is 51.1 Å². The Balaban J connectivity index is 1.54. The summed E-state index contributed by atoms with van der Waals surface area (Å²) in [5, 5.41) is 0. The van der Waals surface area contributed by atoms with E-state index in [9.17, 15) is 9.18 Å². The summed E-state index contributed by atoms with van der Waals surface area (Å²) >= 11 is 0. The Morgan fingerprint density at radius 3 is 2.41 bits per heavy atom. The zero-order valence-corrected chi connectivity index (χ0v) is 17.7. The quantitative estimate of drug-likeness (QED) is 0.719. The van der Waals surface area contributed by atoms with E-state index in [1.165, 1.54) is 11.6 Å². The van der Waals surface area contributed by atoms with Crippen LogP contribution < -0.4 is 4.90 Å². The van der Waals surface area contributed by atoms with E-state index < -0.39 is 0 Å². The molecule has 0 aromatic heterocycles. The fourth-order valence-electron chi connectivity index (χ4n) is 4.82. The molecule has 0 saturated carbocycles. The molecule has 3 nitrogen and oxygen atoms in total. The highest BCUT2D eigenvalue weighted by Crippen LogP contribution is 2.48. The van der Waals surface area contributed by atoms with Crippen LogP contribution in [0.25, 0.3) is 0 Å². The fourth-order valence-corrected chi connectivity index (χ4v) is 4.82. The number of hydrogen-bond donors (Lipinski definition) is 0. The molecule has 2 heterocycles. The minimum atomic E-state index is -0.208. The van der Waals surface area contributed by atoms with Crippen LogP contribution in [-0.4, -0.2) is 30.4 Å². The number of anilines is 1. The van der Waals surface area contributed by atoms with Gasteiger partial charge in [-0.3, -0.25) is 9.69 Å². The van der Waals surface area contributed by atoms with Crippen molar-refractivity contribution in [1.82, 2.24) is 4.90 Å². The van der Waals surface area contributed by atoms with E-state index in [1.54, 1.807) is 12.1 Å². The third kappa shape index (κ3) is 4.23. The number of nitrogens with zero attached hydrogens (tertiary/aromatic N) is 2. The Hall–Kier alpha value is -2.20. The number of piperidine rings is 1. The van der Waals surface area contributed by atoms with E-state index in [-0.39, 0.29) is 22.6 Å². The summed E-state index contributed by atoms with van der Waals surface area (Å²) in [6.45, 7) is 9.82. The molecule has 0 bridgehead atoms. The van der Waals surface area contributed by atoms with Gasteiger partial charge in [-0.05, 0) is 60.7 Å². The lowest BCUT2D eigenvalue weighted by Gasteiger charge is -2.40. The van der Waals surface area contributed by atoms with Crippen molar-refractivity contribution in [2.45, 2.75) is 52.0 Å². The Labute approximate surface area is 173 Å². The molecule has 154 valence electrons. The molecule has 1 fully saturated rings. The average molecular weight is 395 g/mol. The molecule has 0 atom stereocenters. The second kappa shape index (κ2) is 7.56. The maximum Gasteiger partial charge on any atom is 0.227 e. The second-order valence-corrected chi connectivity index (χ2v) is 9.92. The SMILES string of the molecule is CC(C)(C)CC(=O)N1CC2(CCN(Cc3ccccc3)CC2)c2cc(F)ccc21. The van der Waals surface area contributed by atoms with E-state index in [1.807, 2.05) is 11.0 Å². The van der Waals surface area contributed by atoms with Crippen LogP contribution in [0.2, 0.25) is 0 Å². The van der Waals surface area contributed by atoms with Crippen molar-refractivity contribution in [3.63, 3.8) is 0 Å². The van der Waals surface area contributed by atoms with Gasteiger partial charge in [-0.25, -0.2) is 4.39 Å². The van der Waals surface area contributed by atoms with Crippen molar-refractivity contribution < 1.29 is 9.18 Å². The van der Waals surface area contributed by atoms with E-state index >= 15 is 0 Å². The van der Waals surface area contributed by atoms with Gasteiger partial charge >= 0.3 is 0 Å². The lowest BCUT2D eigenvalue weighted by molar-refractivity contribution is -0.120. The van der Waals surface area contributed by atoms with Gasteiger partial charge in [0, 0.05) is 30.6 Å². The number of benzene rings is 2. The number of carbonyl (C=O) groups is 1. The Kier molecular flexibility index (Phi) is 5.24. The number of likely N-dealkylation sites (tertiary alicyclic amines) is 1. The largest absolute Gasteiger partial charge is 0.311 e. The van der Waals surface area contributed by atoms with E-state index in [2.05, 4.69) is 49.9 Å².